The van der Waals surface area contributed by atoms with Crippen LogP contribution in [-0.4, -0.2) is 47.7 Å². The zero-order valence-corrected chi connectivity index (χ0v) is 5.95. The molecule has 0 aliphatic carbocycles. The number of piperazine rings is 1. The quantitative estimate of drug-likeness (QED) is 0.469. The highest BCUT2D eigenvalue weighted by Crippen LogP contribution is 2.02. The van der Waals surface area contributed by atoms with E-state index in [9.17, 15) is 5.21 Å². The van der Waals surface area contributed by atoms with Gasteiger partial charge < -0.3 is 15.6 Å². The second-order valence-electron chi connectivity index (χ2n) is 2.53. The molecular formula is C6H14N2O2. The summed E-state index contributed by atoms with van der Waals surface area (Å²) >= 11 is 0. The van der Waals surface area contributed by atoms with Crippen molar-refractivity contribution in [3.63, 3.8) is 0 Å². The molecule has 0 aromatic carbocycles. The van der Waals surface area contributed by atoms with Gasteiger partial charge >= 0.3 is 0 Å². The average Bonchev–Trinajstić information content (AvgIpc) is 1.94. The van der Waals surface area contributed by atoms with Gasteiger partial charge in [-0.15, -0.1) is 0 Å². The SMILES string of the molecule is OCCC1CNCCN1O. The molecule has 1 rings (SSSR count). The van der Waals surface area contributed by atoms with E-state index >= 15 is 0 Å². The Balaban J connectivity index is 2.25. The summed E-state index contributed by atoms with van der Waals surface area (Å²) < 4.78 is 0. The Hall–Kier alpha value is -0.160. The van der Waals surface area contributed by atoms with E-state index < -0.39 is 0 Å². The van der Waals surface area contributed by atoms with Crippen LogP contribution in [0.3, 0.4) is 0 Å². The monoisotopic (exact) mass is 146 g/mol. The van der Waals surface area contributed by atoms with Gasteiger partial charge in [0.1, 0.15) is 0 Å². The van der Waals surface area contributed by atoms with Crippen LogP contribution in [0.5, 0.6) is 0 Å². The average molecular weight is 146 g/mol. The van der Waals surface area contributed by atoms with Crippen molar-refractivity contribution in [2.75, 3.05) is 26.2 Å². The first-order chi connectivity index (χ1) is 4.84. The maximum atomic E-state index is 9.18. The Labute approximate surface area is 60.4 Å². The maximum Gasteiger partial charge on any atom is 0.0497 e. The lowest BCUT2D eigenvalue weighted by Crippen LogP contribution is -2.49. The molecule has 1 aliphatic heterocycles. The summed E-state index contributed by atoms with van der Waals surface area (Å²) in [5.41, 5.74) is 0. The smallest absolute Gasteiger partial charge is 0.0497 e. The maximum absolute atomic E-state index is 9.18. The van der Waals surface area contributed by atoms with Gasteiger partial charge in [0.05, 0.1) is 0 Å². The molecular weight excluding hydrogens is 132 g/mol. The Morgan fingerprint density at radius 3 is 3.00 bits per heavy atom. The Morgan fingerprint density at radius 1 is 1.60 bits per heavy atom. The van der Waals surface area contributed by atoms with Crippen molar-refractivity contribution in [3.8, 4) is 0 Å². The first-order valence-electron chi connectivity index (χ1n) is 3.61. The summed E-state index contributed by atoms with van der Waals surface area (Å²) in [6, 6.07) is 0.0961. The number of aliphatic hydroxyl groups excluding tert-OH is 1. The highest BCUT2D eigenvalue weighted by atomic mass is 16.5. The summed E-state index contributed by atoms with van der Waals surface area (Å²) in [5, 5.41) is 22.2. The Kier molecular flexibility index (Phi) is 3.08. The Morgan fingerprint density at radius 2 is 2.40 bits per heavy atom. The molecule has 0 radical (unpaired) electrons. The summed E-state index contributed by atoms with van der Waals surface area (Å²) in [5.74, 6) is 0. The van der Waals surface area contributed by atoms with Crippen LogP contribution in [0.1, 0.15) is 6.42 Å². The van der Waals surface area contributed by atoms with Gasteiger partial charge in [0.15, 0.2) is 0 Å². The highest BCUT2D eigenvalue weighted by Gasteiger charge is 2.18. The minimum absolute atomic E-state index is 0.0961. The normalized spacial score (nSPS) is 28.8. The van der Waals surface area contributed by atoms with Crippen molar-refractivity contribution in [3.05, 3.63) is 0 Å². The molecule has 0 bridgehead atoms. The third kappa shape index (κ3) is 1.91. The zero-order valence-electron chi connectivity index (χ0n) is 5.95. The molecule has 0 aromatic heterocycles. The summed E-state index contributed by atoms with van der Waals surface area (Å²) in [6.07, 6.45) is 0.642. The van der Waals surface area contributed by atoms with Crippen molar-refractivity contribution in [1.82, 2.24) is 10.4 Å². The van der Waals surface area contributed by atoms with Gasteiger partial charge in [0.2, 0.25) is 0 Å². The van der Waals surface area contributed by atoms with Crippen LogP contribution in [0.2, 0.25) is 0 Å². The minimum Gasteiger partial charge on any atom is -0.396 e. The number of nitrogens with zero attached hydrogens (tertiary/aromatic N) is 1. The Bertz CT molecular complexity index is 97.7. The molecule has 0 saturated carbocycles. The van der Waals surface area contributed by atoms with Crippen LogP contribution in [-0.2, 0) is 0 Å². The molecule has 1 heterocycles. The van der Waals surface area contributed by atoms with Crippen LogP contribution in [0.25, 0.3) is 0 Å². The lowest BCUT2D eigenvalue weighted by atomic mass is 10.2. The molecule has 0 spiro atoms. The molecule has 10 heavy (non-hydrogen) atoms. The van der Waals surface area contributed by atoms with Gasteiger partial charge in [-0.1, -0.05) is 0 Å². The summed E-state index contributed by atoms with van der Waals surface area (Å²) in [4.78, 5) is 0. The molecule has 0 aromatic rings. The molecule has 1 fully saturated rings. The van der Waals surface area contributed by atoms with Crippen molar-refractivity contribution in [1.29, 1.82) is 0 Å². The lowest BCUT2D eigenvalue weighted by molar-refractivity contribution is -0.139. The van der Waals surface area contributed by atoms with Gasteiger partial charge in [-0.2, -0.15) is 5.06 Å². The summed E-state index contributed by atoms with van der Waals surface area (Å²) in [7, 11) is 0. The minimum atomic E-state index is 0.0961. The molecule has 60 valence electrons. The number of rotatable bonds is 2. The van der Waals surface area contributed by atoms with Gasteiger partial charge in [-0.3, -0.25) is 0 Å². The fourth-order valence-corrected chi connectivity index (χ4v) is 1.15. The molecule has 1 unspecified atom stereocenters. The molecule has 4 nitrogen and oxygen atoms in total. The molecule has 3 N–H and O–H groups in total. The van der Waals surface area contributed by atoms with E-state index in [-0.39, 0.29) is 12.6 Å². The molecule has 1 atom stereocenters. The fourth-order valence-electron chi connectivity index (χ4n) is 1.15. The third-order valence-electron chi connectivity index (χ3n) is 1.78. The van der Waals surface area contributed by atoms with Crippen molar-refractivity contribution >= 4 is 0 Å². The topological polar surface area (TPSA) is 55.7 Å². The van der Waals surface area contributed by atoms with Crippen LogP contribution in [0, 0.1) is 0 Å². The van der Waals surface area contributed by atoms with E-state index in [1.165, 1.54) is 5.06 Å². The van der Waals surface area contributed by atoms with E-state index in [1.807, 2.05) is 0 Å². The number of hydroxylamine groups is 2. The molecule has 0 amide bonds. The van der Waals surface area contributed by atoms with Crippen molar-refractivity contribution in [2.45, 2.75) is 12.5 Å². The van der Waals surface area contributed by atoms with Crippen molar-refractivity contribution in [2.24, 2.45) is 0 Å². The van der Waals surface area contributed by atoms with Crippen molar-refractivity contribution < 1.29 is 10.3 Å². The predicted octanol–water partition coefficient (Wildman–Crippen LogP) is -0.968. The first kappa shape index (κ1) is 7.94. The largest absolute Gasteiger partial charge is 0.396 e. The summed E-state index contributed by atoms with van der Waals surface area (Å²) in [6.45, 7) is 2.41. The second-order valence-corrected chi connectivity index (χ2v) is 2.53. The lowest BCUT2D eigenvalue weighted by Gasteiger charge is -2.30. The van der Waals surface area contributed by atoms with Gasteiger partial charge in [-0.25, -0.2) is 0 Å². The van der Waals surface area contributed by atoms with Crippen LogP contribution >= 0.6 is 0 Å². The second kappa shape index (κ2) is 3.88. The van der Waals surface area contributed by atoms with E-state index in [1.54, 1.807) is 0 Å². The van der Waals surface area contributed by atoms with E-state index in [2.05, 4.69) is 5.32 Å². The fraction of sp³-hybridized carbons (Fsp3) is 1.00. The highest BCUT2D eigenvalue weighted by molar-refractivity contribution is 4.73. The van der Waals surface area contributed by atoms with Crippen LogP contribution in [0.4, 0.5) is 0 Å². The number of aliphatic hydroxyl groups is 1. The zero-order chi connectivity index (χ0) is 7.40. The van der Waals surface area contributed by atoms with Gasteiger partial charge in [-0.05, 0) is 6.42 Å². The number of hydrogen-bond acceptors (Lipinski definition) is 4. The molecule has 1 saturated heterocycles. The standard InChI is InChI=1S/C6H14N2O2/c9-4-1-6-5-7-2-3-8(6)10/h6-7,9-10H,1-5H2. The first-order valence-corrected chi connectivity index (χ1v) is 3.61. The van der Waals surface area contributed by atoms with E-state index in [4.69, 9.17) is 5.11 Å². The van der Waals surface area contributed by atoms with Gasteiger partial charge in [0, 0.05) is 32.3 Å². The van der Waals surface area contributed by atoms with Crippen LogP contribution < -0.4 is 5.32 Å². The molecule has 1 aliphatic rings. The number of hydrogen-bond donors (Lipinski definition) is 3. The van der Waals surface area contributed by atoms with E-state index in [0.29, 0.717) is 13.0 Å². The molecule has 4 heteroatoms. The predicted molar refractivity (Wildman–Crippen MR) is 36.9 cm³/mol. The van der Waals surface area contributed by atoms with Crippen LogP contribution in [0.15, 0.2) is 0 Å². The third-order valence-corrected chi connectivity index (χ3v) is 1.78. The van der Waals surface area contributed by atoms with E-state index in [0.717, 1.165) is 13.1 Å². The number of nitrogens with one attached hydrogen (secondary N) is 1. The van der Waals surface area contributed by atoms with Gasteiger partial charge in [0.25, 0.3) is 0 Å².